The van der Waals surface area contributed by atoms with E-state index in [1.807, 2.05) is 30.3 Å². The second-order valence-electron chi connectivity index (χ2n) is 3.66. The molecule has 0 aliphatic carbocycles. The van der Waals surface area contributed by atoms with Crippen molar-refractivity contribution in [2.75, 3.05) is 0 Å². The van der Waals surface area contributed by atoms with Crippen molar-refractivity contribution in [1.29, 1.82) is 0 Å². The number of benzene rings is 2. The molecule has 0 aliphatic heterocycles. The summed E-state index contributed by atoms with van der Waals surface area (Å²) in [5.41, 5.74) is 3.40. The minimum atomic E-state index is -3.74. The number of nitrogens with one attached hydrogen (secondary N) is 1. The van der Waals surface area contributed by atoms with Crippen LogP contribution >= 0.6 is 0 Å². The fourth-order valence-electron chi connectivity index (χ4n) is 1.42. The van der Waals surface area contributed by atoms with Gasteiger partial charge in [-0.3, -0.25) is 0 Å². The van der Waals surface area contributed by atoms with Gasteiger partial charge in [-0.15, -0.1) is 0 Å². The Bertz CT molecular complexity index is 588. The van der Waals surface area contributed by atoms with Gasteiger partial charge in [0.2, 0.25) is 0 Å². The molecule has 0 spiro atoms. The maximum absolute atomic E-state index is 11.7. The predicted octanol–water partition coefficient (Wildman–Crippen LogP) is 1.45. The van der Waals surface area contributed by atoms with E-state index in [1.165, 1.54) is 12.1 Å². The topological polar surface area (TPSA) is 55.4 Å². The SMILES string of the molecule is O=S(=O)(ONCc1ccccc1)c1ccccc1.[NaH]. The third-order valence-corrected chi connectivity index (χ3v) is 3.51. The third-order valence-electron chi connectivity index (χ3n) is 2.32. The molecule has 96 valence electrons. The molecule has 0 amide bonds. The monoisotopic (exact) mass is 287 g/mol. The predicted molar refractivity (Wildman–Crippen MR) is 75.1 cm³/mol. The average Bonchev–Trinajstić information content (AvgIpc) is 2.41. The van der Waals surface area contributed by atoms with Crippen LogP contribution in [0, 0.1) is 0 Å². The Labute approximate surface area is 135 Å². The van der Waals surface area contributed by atoms with Gasteiger partial charge < -0.3 is 0 Å². The Morgan fingerprint density at radius 3 is 2.00 bits per heavy atom. The number of hydrogen-bond donors (Lipinski definition) is 1. The molecule has 0 saturated heterocycles. The molecule has 0 atom stereocenters. The van der Waals surface area contributed by atoms with Gasteiger partial charge in [0.15, 0.2) is 0 Å². The summed E-state index contributed by atoms with van der Waals surface area (Å²) in [5.74, 6) is 0. The Balaban J connectivity index is 0.00000180. The van der Waals surface area contributed by atoms with Crippen molar-refractivity contribution in [3.8, 4) is 0 Å². The summed E-state index contributed by atoms with van der Waals surface area (Å²) in [6.07, 6.45) is 0. The second kappa shape index (κ2) is 7.79. The average molecular weight is 287 g/mol. The standard InChI is InChI=1S/C13H13NO3S.Na.H/c15-18(16,13-9-5-2-6-10-13)17-14-11-12-7-3-1-4-8-12;;/h1-10,14H,11H2;;. The normalized spacial score (nSPS) is 10.7. The number of hydrogen-bond acceptors (Lipinski definition) is 4. The van der Waals surface area contributed by atoms with Crippen molar-refractivity contribution >= 4 is 39.7 Å². The van der Waals surface area contributed by atoms with Crippen LogP contribution in [0.15, 0.2) is 65.6 Å². The van der Waals surface area contributed by atoms with E-state index in [-0.39, 0.29) is 34.5 Å². The van der Waals surface area contributed by atoms with E-state index in [4.69, 9.17) is 4.28 Å². The fourth-order valence-corrected chi connectivity index (χ4v) is 2.22. The van der Waals surface area contributed by atoms with Crippen LogP contribution in [0.5, 0.6) is 0 Å². The fraction of sp³-hybridized carbons (Fsp3) is 0.0769. The molecular formula is C13H14NNaO3S. The van der Waals surface area contributed by atoms with Crippen molar-refractivity contribution in [3.05, 3.63) is 66.2 Å². The Kier molecular flexibility index (Phi) is 6.71. The van der Waals surface area contributed by atoms with Crippen molar-refractivity contribution in [1.82, 2.24) is 5.48 Å². The first-order chi connectivity index (χ1) is 8.68. The minimum absolute atomic E-state index is 0. The molecule has 0 radical (unpaired) electrons. The van der Waals surface area contributed by atoms with Gasteiger partial charge in [-0.05, 0) is 17.7 Å². The molecule has 2 aromatic carbocycles. The first kappa shape index (κ1) is 16.4. The summed E-state index contributed by atoms with van der Waals surface area (Å²) < 4.78 is 28.2. The molecule has 1 N–H and O–H groups in total. The summed E-state index contributed by atoms with van der Waals surface area (Å²) in [6, 6.07) is 17.4. The van der Waals surface area contributed by atoms with E-state index >= 15 is 0 Å². The second-order valence-corrected chi connectivity index (χ2v) is 5.20. The number of hydroxylamine groups is 1. The van der Waals surface area contributed by atoms with Gasteiger partial charge in [-0.2, -0.15) is 18.2 Å². The zero-order valence-corrected chi connectivity index (χ0v) is 10.4. The molecule has 0 fully saturated rings. The zero-order chi connectivity index (χ0) is 12.8. The van der Waals surface area contributed by atoms with E-state index < -0.39 is 10.1 Å². The van der Waals surface area contributed by atoms with Crippen LogP contribution in [0.2, 0.25) is 0 Å². The summed E-state index contributed by atoms with van der Waals surface area (Å²) in [6.45, 7) is 0.326. The van der Waals surface area contributed by atoms with Crippen LogP contribution in [-0.2, 0) is 20.9 Å². The van der Waals surface area contributed by atoms with Gasteiger partial charge in [-0.1, -0.05) is 48.5 Å². The molecule has 2 rings (SSSR count). The van der Waals surface area contributed by atoms with Crippen LogP contribution in [-0.4, -0.2) is 38.0 Å². The summed E-state index contributed by atoms with van der Waals surface area (Å²) in [4.78, 5) is 0.130. The van der Waals surface area contributed by atoms with Crippen LogP contribution in [0.3, 0.4) is 0 Å². The van der Waals surface area contributed by atoms with Gasteiger partial charge in [0.05, 0.1) is 4.90 Å². The van der Waals surface area contributed by atoms with E-state index in [2.05, 4.69) is 5.48 Å². The van der Waals surface area contributed by atoms with Gasteiger partial charge in [-0.25, -0.2) is 0 Å². The van der Waals surface area contributed by atoms with Crippen LogP contribution in [0.4, 0.5) is 0 Å². The van der Waals surface area contributed by atoms with E-state index in [9.17, 15) is 8.42 Å². The molecule has 2 aromatic rings. The van der Waals surface area contributed by atoms with Crippen LogP contribution in [0.25, 0.3) is 0 Å². The molecular weight excluding hydrogens is 273 g/mol. The van der Waals surface area contributed by atoms with Crippen molar-refractivity contribution in [3.63, 3.8) is 0 Å². The van der Waals surface area contributed by atoms with Gasteiger partial charge in [0.25, 0.3) is 0 Å². The van der Waals surface area contributed by atoms with Crippen molar-refractivity contribution in [2.24, 2.45) is 0 Å². The van der Waals surface area contributed by atoms with E-state index in [0.717, 1.165) is 5.56 Å². The quantitative estimate of drug-likeness (QED) is 0.668. The molecule has 4 nitrogen and oxygen atoms in total. The summed E-state index contributed by atoms with van der Waals surface area (Å²) >= 11 is 0. The summed E-state index contributed by atoms with van der Waals surface area (Å²) in [7, 11) is -3.74. The first-order valence-electron chi connectivity index (χ1n) is 5.44. The number of rotatable bonds is 5. The summed E-state index contributed by atoms with van der Waals surface area (Å²) in [5, 5.41) is 0. The molecule has 0 aliphatic rings. The van der Waals surface area contributed by atoms with Crippen molar-refractivity contribution in [2.45, 2.75) is 11.4 Å². The third kappa shape index (κ3) is 5.06. The van der Waals surface area contributed by atoms with Gasteiger partial charge >= 0.3 is 39.7 Å². The molecule has 0 saturated carbocycles. The molecule has 19 heavy (non-hydrogen) atoms. The van der Waals surface area contributed by atoms with Crippen LogP contribution < -0.4 is 5.48 Å². The molecule has 0 heterocycles. The zero-order valence-electron chi connectivity index (χ0n) is 9.61. The van der Waals surface area contributed by atoms with Gasteiger partial charge in [0, 0.05) is 6.54 Å². The molecule has 0 bridgehead atoms. The molecule has 0 unspecified atom stereocenters. The van der Waals surface area contributed by atoms with E-state index in [1.54, 1.807) is 18.2 Å². The molecule has 6 heteroatoms. The molecule has 0 aromatic heterocycles. The van der Waals surface area contributed by atoms with E-state index in [0.29, 0.717) is 6.54 Å². The maximum atomic E-state index is 11.7. The Hall–Kier alpha value is -0.690. The van der Waals surface area contributed by atoms with Gasteiger partial charge in [0.1, 0.15) is 0 Å². The Morgan fingerprint density at radius 2 is 1.42 bits per heavy atom. The first-order valence-corrected chi connectivity index (χ1v) is 6.84. The van der Waals surface area contributed by atoms with Crippen LogP contribution in [0.1, 0.15) is 5.56 Å². The Morgan fingerprint density at radius 1 is 0.895 bits per heavy atom. The van der Waals surface area contributed by atoms with Crippen molar-refractivity contribution < 1.29 is 12.7 Å².